The molecule has 2 N–H and O–H groups in total. The number of methoxy groups -OCH3 is 1. The van der Waals surface area contributed by atoms with E-state index in [9.17, 15) is 4.79 Å². The number of hydrogen-bond donors (Lipinski definition) is 2. The van der Waals surface area contributed by atoms with Gasteiger partial charge in [-0.3, -0.25) is 5.43 Å². The Morgan fingerprint density at radius 3 is 2.58 bits per heavy atom. The summed E-state index contributed by atoms with van der Waals surface area (Å²) in [7, 11) is 1.35. The molecule has 0 bridgehead atoms. The van der Waals surface area contributed by atoms with Crippen molar-refractivity contribution in [3.63, 3.8) is 0 Å². The first kappa shape index (κ1) is 20.8. The van der Waals surface area contributed by atoms with Crippen molar-refractivity contribution in [1.82, 2.24) is 9.99 Å². The van der Waals surface area contributed by atoms with Gasteiger partial charge in [0.2, 0.25) is 0 Å². The first-order valence-corrected chi connectivity index (χ1v) is 10.6. The van der Waals surface area contributed by atoms with Crippen LogP contribution < -0.4 is 10.9 Å². The van der Waals surface area contributed by atoms with Gasteiger partial charge in [0.05, 0.1) is 24.0 Å². The maximum Gasteiger partial charge on any atom is 0.425 e. The molecule has 31 heavy (non-hydrogen) atoms. The molecule has 0 spiro atoms. The zero-order valence-electron chi connectivity index (χ0n) is 18.7. The standard InChI is InChI=1S/C26H29N3O2/c1-6-26(3,4)21-16-29(23-15-17(2)11-13-20(21)23)24-19-10-8-7-9-18(19)12-14-22(24)27-28-25(30)31-5/h7-16,27H,6H2,1-5H3,(H,28,30). The molecule has 0 aliphatic heterocycles. The minimum atomic E-state index is -0.542. The SMILES string of the molecule is CCC(C)(C)c1cn(-c2c(NNC(=O)OC)ccc3ccccc23)c2cc(C)ccc12. The highest BCUT2D eigenvalue weighted by atomic mass is 16.5. The van der Waals surface area contributed by atoms with Gasteiger partial charge in [-0.25, -0.2) is 10.2 Å². The second-order valence-electron chi connectivity index (χ2n) is 8.60. The summed E-state index contributed by atoms with van der Waals surface area (Å²) >= 11 is 0. The lowest BCUT2D eigenvalue weighted by atomic mass is 9.82. The Kier molecular flexibility index (Phi) is 5.36. The van der Waals surface area contributed by atoms with E-state index >= 15 is 0 Å². The molecule has 0 unspecified atom stereocenters. The Morgan fingerprint density at radius 1 is 1.06 bits per heavy atom. The van der Waals surface area contributed by atoms with Crippen molar-refractivity contribution in [2.24, 2.45) is 0 Å². The van der Waals surface area contributed by atoms with Gasteiger partial charge in [-0.15, -0.1) is 0 Å². The smallest absolute Gasteiger partial charge is 0.425 e. The molecule has 160 valence electrons. The number of benzene rings is 3. The molecule has 0 atom stereocenters. The van der Waals surface area contributed by atoms with Crippen molar-refractivity contribution in [3.05, 3.63) is 71.9 Å². The van der Waals surface area contributed by atoms with Gasteiger partial charge in [-0.2, -0.15) is 0 Å². The first-order valence-electron chi connectivity index (χ1n) is 10.6. The molecule has 1 heterocycles. The van der Waals surface area contributed by atoms with Crippen LogP contribution in [0.1, 0.15) is 38.3 Å². The normalized spacial score (nSPS) is 11.6. The predicted molar refractivity (Wildman–Crippen MR) is 128 cm³/mol. The molecule has 0 saturated carbocycles. The first-order chi connectivity index (χ1) is 14.9. The van der Waals surface area contributed by atoms with Crippen LogP contribution in [0, 0.1) is 6.92 Å². The highest BCUT2D eigenvalue weighted by Gasteiger charge is 2.25. The van der Waals surface area contributed by atoms with Crippen molar-refractivity contribution in [2.45, 2.75) is 39.5 Å². The number of aromatic nitrogens is 1. The third kappa shape index (κ3) is 3.72. The molecule has 1 aromatic heterocycles. The second-order valence-corrected chi connectivity index (χ2v) is 8.60. The number of amides is 1. The molecule has 4 aromatic rings. The number of hydrazine groups is 1. The average molecular weight is 416 g/mol. The van der Waals surface area contributed by atoms with Crippen molar-refractivity contribution in [3.8, 4) is 5.69 Å². The van der Waals surface area contributed by atoms with Crippen molar-refractivity contribution < 1.29 is 9.53 Å². The molecule has 1 amide bonds. The predicted octanol–water partition coefficient (Wildman–Crippen LogP) is 6.46. The van der Waals surface area contributed by atoms with Crippen LogP contribution in [0.4, 0.5) is 10.5 Å². The fourth-order valence-corrected chi connectivity index (χ4v) is 4.04. The molecule has 0 fully saturated rings. The van der Waals surface area contributed by atoms with E-state index in [1.165, 1.54) is 23.6 Å². The third-order valence-electron chi connectivity index (χ3n) is 6.20. The molecule has 4 rings (SSSR count). The fourth-order valence-electron chi connectivity index (χ4n) is 4.04. The monoisotopic (exact) mass is 415 g/mol. The van der Waals surface area contributed by atoms with Crippen molar-refractivity contribution in [1.29, 1.82) is 0 Å². The lowest BCUT2D eigenvalue weighted by Gasteiger charge is -2.22. The topological polar surface area (TPSA) is 55.3 Å². The van der Waals surface area contributed by atoms with Crippen LogP contribution in [-0.4, -0.2) is 17.8 Å². The van der Waals surface area contributed by atoms with Gasteiger partial charge < -0.3 is 9.30 Å². The maximum atomic E-state index is 11.7. The Balaban J connectivity index is 2.04. The number of ether oxygens (including phenoxy) is 1. The van der Waals surface area contributed by atoms with E-state index in [4.69, 9.17) is 4.74 Å². The number of carbonyl (C=O) groups excluding carboxylic acids is 1. The number of rotatable bonds is 5. The Morgan fingerprint density at radius 2 is 1.84 bits per heavy atom. The van der Waals surface area contributed by atoms with E-state index in [-0.39, 0.29) is 5.41 Å². The van der Waals surface area contributed by atoms with Crippen molar-refractivity contribution in [2.75, 3.05) is 12.5 Å². The number of nitrogens with zero attached hydrogens (tertiary/aromatic N) is 1. The van der Waals surface area contributed by atoms with Crippen LogP contribution in [0.5, 0.6) is 0 Å². The van der Waals surface area contributed by atoms with E-state index in [1.54, 1.807) is 0 Å². The van der Waals surface area contributed by atoms with E-state index < -0.39 is 6.09 Å². The third-order valence-corrected chi connectivity index (χ3v) is 6.20. The largest absolute Gasteiger partial charge is 0.452 e. The molecule has 0 saturated heterocycles. The fraction of sp³-hybridized carbons (Fsp3) is 0.269. The number of fused-ring (bicyclic) bond motifs is 2. The molecule has 0 aliphatic rings. The van der Waals surface area contributed by atoms with Crippen LogP contribution >= 0.6 is 0 Å². The lowest BCUT2D eigenvalue weighted by molar-refractivity contribution is 0.173. The molecule has 5 heteroatoms. The van der Waals surface area contributed by atoms with Gasteiger partial charge in [0, 0.05) is 17.0 Å². The van der Waals surface area contributed by atoms with Crippen LogP contribution in [-0.2, 0) is 10.2 Å². The van der Waals surface area contributed by atoms with Crippen molar-refractivity contribution >= 4 is 33.5 Å². The second kappa shape index (κ2) is 7.99. The van der Waals surface area contributed by atoms with Gasteiger partial charge in [0.15, 0.2) is 0 Å². The zero-order valence-corrected chi connectivity index (χ0v) is 18.7. The number of nitrogens with one attached hydrogen (secondary N) is 2. The van der Waals surface area contributed by atoms with Crippen LogP contribution in [0.3, 0.4) is 0 Å². The van der Waals surface area contributed by atoms with Crippen LogP contribution in [0.2, 0.25) is 0 Å². The summed E-state index contributed by atoms with van der Waals surface area (Å²) < 4.78 is 6.98. The number of carbonyl (C=O) groups is 1. The van der Waals surface area contributed by atoms with E-state index in [2.05, 4.69) is 79.6 Å². The molecule has 0 aliphatic carbocycles. The molecule has 5 nitrogen and oxygen atoms in total. The van der Waals surface area contributed by atoms with E-state index in [0.29, 0.717) is 0 Å². The number of anilines is 1. The van der Waals surface area contributed by atoms with Gasteiger partial charge in [0.25, 0.3) is 0 Å². The maximum absolute atomic E-state index is 11.7. The highest BCUT2D eigenvalue weighted by molar-refractivity contribution is 5.99. The van der Waals surface area contributed by atoms with E-state index in [1.807, 2.05) is 24.3 Å². The molecular weight excluding hydrogens is 386 g/mol. The summed E-state index contributed by atoms with van der Waals surface area (Å²) in [6, 6.07) is 18.9. The quantitative estimate of drug-likeness (QED) is 0.368. The molecular formula is C26H29N3O2. The number of hydrogen-bond acceptors (Lipinski definition) is 3. The van der Waals surface area contributed by atoms with Crippen LogP contribution in [0.25, 0.3) is 27.4 Å². The van der Waals surface area contributed by atoms with Crippen LogP contribution in [0.15, 0.2) is 60.8 Å². The minimum absolute atomic E-state index is 0.0290. The lowest BCUT2D eigenvalue weighted by Crippen LogP contribution is -2.29. The Bertz CT molecular complexity index is 1270. The van der Waals surface area contributed by atoms with E-state index in [0.717, 1.165) is 34.1 Å². The highest BCUT2D eigenvalue weighted by Crippen LogP contribution is 2.39. The summed E-state index contributed by atoms with van der Waals surface area (Å²) in [5.74, 6) is 0. The molecule has 3 aromatic carbocycles. The summed E-state index contributed by atoms with van der Waals surface area (Å²) in [6.07, 6.45) is 2.74. The number of aryl methyl sites for hydroxylation is 1. The Labute approximate surface area is 183 Å². The molecule has 0 radical (unpaired) electrons. The minimum Gasteiger partial charge on any atom is -0.452 e. The summed E-state index contributed by atoms with van der Waals surface area (Å²) in [5.41, 5.74) is 11.1. The van der Waals surface area contributed by atoms with Gasteiger partial charge in [-0.05, 0) is 47.4 Å². The van der Waals surface area contributed by atoms with Gasteiger partial charge in [0.1, 0.15) is 0 Å². The summed E-state index contributed by atoms with van der Waals surface area (Å²) in [6.45, 7) is 8.91. The summed E-state index contributed by atoms with van der Waals surface area (Å²) in [5, 5.41) is 3.47. The zero-order chi connectivity index (χ0) is 22.2. The average Bonchev–Trinajstić information content (AvgIpc) is 3.16. The van der Waals surface area contributed by atoms with Gasteiger partial charge in [-0.1, -0.05) is 63.2 Å². The Hall–Kier alpha value is -3.47. The van der Waals surface area contributed by atoms with Gasteiger partial charge >= 0.3 is 6.09 Å². The summed E-state index contributed by atoms with van der Waals surface area (Å²) in [4.78, 5) is 11.7.